The number of carboxylic acid groups (broad SMARTS) is 1. The molecule has 6 fully saturated rings. The Labute approximate surface area is 390 Å². The molecular formula is C46H60Cl2N12O5. The van der Waals surface area contributed by atoms with Gasteiger partial charge >= 0.3 is 5.97 Å². The predicted molar refractivity (Wildman–Crippen MR) is 252 cm³/mol. The Bertz CT molecular complexity index is 2290. The van der Waals surface area contributed by atoms with Crippen LogP contribution in [0.15, 0.2) is 48.8 Å². The molecular weight excluding hydrogens is 871 g/mol. The molecule has 348 valence electrons. The number of hydrogen-bond donors (Lipinski definition) is 6. The molecule has 6 aliphatic rings. The molecule has 6 N–H and O–H groups in total. The Morgan fingerprint density at radius 3 is 1.54 bits per heavy atom. The van der Waals surface area contributed by atoms with Crippen molar-refractivity contribution >= 4 is 58.6 Å². The minimum absolute atomic E-state index is 0.0370. The summed E-state index contributed by atoms with van der Waals surface area (Å²) in [4.78, 5) is 53.6. The minimum Gasteiger partial charge on any atom is -0.477 e. The number of hydrogen-bond acceptors (Lipinski definition) is 15. The first-order chi connectivity index (χ1) is 31.5. The molecule has 0 radical (unpaired) electrons. The first-order valence-corrected chi connectivity index (χ1v) is 23.3. The van der Waals surface area contributed by atoms with E-state index in [0.717, 1.165) is 87.2 Å². The monoisotopic (exact) mass is 930 g/mol. The van der Waals surface area contributed by atoms with E-state index in [1.54, 1.807) is 18.3 Å². The molecule has 4 aliphatic heterocycles. The van der Waals surface area contributed by atoms with Gasteiger partial charge in [0.2, 0.25) is 11.9 Å². The molecule has 0 spiro atoms. The van der Waals surface area contributed by atoms with E-state index in [1.807, 2.05) is 29.2 Å². The average Bonchev–Trinajstić information content (AvgIpc) is 4.16. The number of aromatic carboxylic acids is 1. The van der Waals surface area contributed by atoms with Gasteiger partial charge in [-0.1, -0.05) is 47.5 Å². The van der Waals surface area contributed by atoms with Crippen molar-refractivity contribution in [3.05, 3.63) is 92.2 Å². The van der Waals surface area contributed by atoms with Gasteiger partial charge in [-0.05, 0) is 85.0 Å². The number of nitrogens with one attached hydrogen (secondary N) is 3. The van der Waals surface area contributed by atoms with E-state index in [2.05, 4.69) is 64.6 Å². The number of nitrogens with zero attached hydrogens (tertiary/aromatic N) is 9. The molecule has 19 heteroatoms. The fourth-order valence-corrected chi connectivity index (χ4v) is 9.27. The number of fused-ring (bicyclic) bond motifs is 2. The van der Waals surface area contributed by atoms with Crippen LogP contribution in [0.5, 0.6) is 0 Å². The largest absolute Gasteiger partial charge is 0.477 e. The van der Waals surface area contributed by atoms with Crippen LogP contribution in [0, 0.1) is 23.7 Å². The highest BCUT2D eigenvalue weighted by Crippen LogP contribution is 2.46. The normalized spacial score (nSPS) is 22.2. The summed E-state index contributed by atoms with van der Waals surface area (Å²) < 4.78 is 0. The van der Waals surface area contributed by atoms with Crippen molar-refractivity contribution in [2.75, 3.05) is 113 Å². The van der Waals surface area contributed by atoms with Crippen LogP contribution < -0.4 is 25.8 Å². The number of carboxylic acids is 1. The van der Waals surface area contributed by atoms with Gasteiger partial charge < -0.3 is 55.8 Å². The number of amides is 1. The number of piperidine rings is 2. The summed E-state index contributed by atoms with van der Waals surface area (Å²) in [6.07, 6.45) is 5.63. The van der Waals surface area contributed by atoms with Gasteiger partial charge in [0.15, 0.2) is 0 Å². The molecule has 4 unspecified atom stereocenters. The predicted octanol–water partition coefficient (Wildman–Crippen LogP) is 3.99. The maximum Gasteiger partial charge on any atom is 0.341 e. The summed E-state index contributed by atoms with van der Waals surface area (Å²) in [5.74, 6) is 4.02. The highest BCUT2D eigenvalue weighted by atomic mass is 35.5. The minimum atomic E-state index is -1.07. The number of aliphatic hydroxyl groups is 2. The second-order valence-corrected chi connectivity index (χ2v) is 18.8. The maximum atomic E-state index is 13.3. The van der Waals surface area contributed by atoms with Crippen LogP contribution in [0.2, 0.25) is 10.0 Å². The zero-order valence-electron chi connectivity index (χ0n) is 37.1. The zero-order chi connectivity index (χ0) is 45.6. The molecule has 10 rings (SSSR count). The van der Waals surface area contributed by atoms with Gasteiger partial charge in [-0.25, -0.2) is 14.8 Å². The Hall–Kier alpha value is -4.88. The van der Waals surface area contributed by atoms with E-state index in [4.69, 9.17) is 28.2 Å². The van der Waals surface area contributed by atoms with E-state index >= 15 is 0 Å². The van der Waals surface area contributed by atoms with Crippen molar-refractivity contribution in [1.29, 1.82) is 0 Å². The van der Waals surface area contributed by atoms with Crippen LogP contribution in [0.1, 0.15) is 55.8 Å². The lowest BCUT2D eigenvalue weighted by atomic mass is 10.1. The SMILES string of the molecule is CN1CCN(C(=O)c2cnc(N3CC4CC4C3)nc2NCc2ccc(CO)c(Cl)c2)CC1.CN1CCNCC1.O=C(O)c1cnc(N2CC3CC3C2)nc1NCc1ccc(CO)c(Cl)c1. The topological polar surface area (TPSA) is 199 Å². The first-order valence-electron chi connectivity index (χ1n) is 22.5. The Morgan fingerprint density at radius 1 is 0.677 bits per heavy atom. The lowest BCUT2D eigenvalue weighted by Crippen LogP contribution is -2.47. The van der Waals surface area contributed by atoms with Crippen LogP contribution in [-0.4, -0.2) is 154 Å². The van der Waals surface area contributed by atoms with Crippen molar-refractivity contribution < 1.29 is 24.9 Å². The third-order valence-corrected chi connectivity index (χ3v) is 13.9. The van der Waals surface area contributed by atoms with Crippen LogP contribution in [0.3, 0.4) is 0 Å². The number of carbonyl (C=O) groups is 2. The lowest BCUT2D eigenvalue weighted by Gasteiger charge is -2.32. The van der Waals surface area contributed by atoms with Crippen LogP contribution in [0.25, 0.3) is 0 Å². The molecule has 2 saturated carbocycles. The highest BCUT2D eigenvalue weighted by Gasteiger charge is 2.47. The number of carbonyl (C=O) groups excluding carboxylic acids is 1. The molecule has 0 bridgehead atoms. The number of benzene rings is 2. The maximum absolute atomic E-state index is 13.3. The number of aromatic nitrogens is 4. The number of likely N-dealkylation sites (N-methyl/N-ethyl adjacent to an activating group) is 2. The zero-order valence-corrected chi connectivity index (χ0v) is 38.6. The van der Waals surface area contributed by atoms with E-state index < -0.39 is 5.97 Å². The van der Waals surface area contributed by atoms with Crippen molar-refractivity contribution in [3.8, 4) is 0 Å². The summed E-state index contributed by atoms with van der Waals surface area (Å²) in [7, 11) is 4.22. The molecule has 2 aromatic heterocycles. The van der Waals surface area contributed by atoms with Crippen molar-refractivity contribution in [3.63, 3.8) is 0 Å². The van der Waals surface area contributed by atoms with E-state index in [0.29, 0.717) is 76.4 Å². The summed E-state index contributed by atoms with van der Waals surface area (Å²) >= 11 is 12.4. The number of halogens is 2. The van der Waals surface area contributed by atoms with Crippen LogP contribution in [-0.2, 0) is 26.3 Å². The van der Waals surface area contributed by atoms with Crippen molar-refractivity contribution in [2.24, 2.45) is 23.7 Å². The Balaban J connectivity index is 0.000000156. The molecule has 2 aliphatic carbocycles. The molecule has 65 heavy (non-hydrogen) atoms. The van der Waals surface area contributed by atoms with Gasteiger partial charge in [-0.15, -0.1) is 0 Å². The van der Waals surface area contributed by atoms with Crippen molar-refractivity contribution in [2.45, 2.75) is 39.1 Å². The molecule has 4 atom stereocenters. The fraction of sp³-hybridized carbons (Fsp3) is 0.522. The second kappa shape index (κ2) is 21.2. The second-order valence-electron chi connectivity index (χ2n) is 18.0. The molecule has 1 amide bonds. The molecule has 4 aromatic rings. The molecule has 2 aromatic carbocycles. The van der Waals surface area contributed by atoms with E-state index in [1.165, 1.54) is 32.1 Å². The number of anilines is 4. The molecule has 17 nitrogen and oxygen atoms in total. The van der Waals surface area contributed by atoms with Gasteiger partial charge in [0.05, 0.1) is 13.2 Å². The summed E-state index contributed by atoms with van der Waals surface area (Å²) in [5, 5.41) is 38.6. The Morgan fingerprint density at radius 2 is 1.12 bits per heavy atom. The summed E-state index contributed by atoms with van der Waals surface area (Å²) in [5.41, 5.74) is 3.70. The Kier molecular flexibility index (Phi) is 15.2. The average molecular weight is 932 g/mol. The number of piperazine rings is 2. The lowest BCUT2D eigenvalue weighted by molar-refractivity contribution is 0.0662. The third-order valence-electron chi connectivity index (χ3n) is 13.2. The van der Waals surface area contributed by atoms with E-state index in [9.17, 15) is 24.9 Å². The number of rotatable bonds is 12. The van der Waals surface area contributed by atoms with Crippen LogP contribution >= 0.6 is 23.2 Å². The molecule has 6 heterocycles. The van der Waals surface area contributed by atoms with E-state index in [-0.39, 0.29) is 24.7 Å². The number of aliphatic hydroxyl groups excluding tert-OH is 2. The van der Waals surface area contributed by atoms with Gasteiger partial charge in [0.1, 0.15) is 22.8 Å². The van der Waals surface area contributed by atoms with Gasteiger partial charge in [0.25, 0.3) is 5.91 Å². The highest BCUT2D eigenvalue weighted by molar-refractivity contribution is 6.31. The first kappa shape index (κ1) is 46.6. The van der Waals surface area contributed by atoms with Gasteiger partial charge in [0, 0.05) is 114 Å². The molecule has 4 saturated heterocycles. The standard InChI is InChI=1S/C23H29ClN6O2.C18H19ClN4O3.C5H12N2/c1-28-4-6-29(7-5-28)22(32)19-11-26-23(30-12-17-9-18(17)13-30)27-21(19)25-10-15-2-3-16(14-31)20(24)8-15;19-15-3-10(1-2-11(15)9-24)5-20-16-14(17(25)26)6-21-18(22-16)23-7-12-4-13(12)8-23;1-7-4-2-6-3-5-7/h2-3,8,11,17-18,31H,4-7,9-10,12-14H2,1H3,(H,25,26,27);1-3,6,12-13,24H,4-5,7-9H2,(H,25,26)(H,20,21,22);6H,2-5H2,1H3. The van der Waals surface area contributed by atoms with Gasteiger partial charge in [-0.2, -0.15) is 9.97 Å². The van der Waals surface area contributed by atoms with Gasteiger partial charge in [-0.3, -0.25) is 4.79 Å². The summed E-state index contributed by atoms with van der Waals surface area (Å²) in [6.45, 7) is 12.3. The smallest absolute Gasteiger partial charge is 0.341 e. The third kappa shape index (κ3) is 11.9. The quantitative estimate of drug-likeness (QED) is 0.119. The fourth-order valence-electron chi connectivity index (χ4n) is 8.74. The van der Waals surface area contributed by atoms with Crippen LogP contribution in [0.4, 0.5) is 23.5 Å². The summed E-state index contributed by atoms with van der Waals surface area (Å²) in [6, 6.07) is 10.9. The van der Waals surface area contributed by atoms with Crippen molar-refractivity contribution in [1.82, 2.24) is 40.0 Å².